The molecule has 0 spiro atoms. The number of halogens is 3. The average molecular weight is 429 g/mol. The van der Waals surface area contributed by atoms with Gasteiger partial charge in [0.1, 0.15) is 22.9 Å². The van der Waals surface area contributed by atoms with Crippen molar-refractivity contribution in [1.29, 1.82) is 0 Å². The number of ether oxygens (including phenoxy) is 1. The molecule has 2 aromatic carbocycles. The molecule has 5 nitrogen and oxygen atoms in total. The van der Waals surface area contributed by atoms with E-state index in [-0.39, 0.29) is 28.5 Å². The second-order valence-electron chi connectivity index (χ2n) is 6.31. The molecule has 30 heavy (non-hydrogen) atoms. The van der Waals surface area contributed by atoms with E-state index in [1.54, 1.807) is 24.5 Å². The Kier molecular flexibility index (Phi) is 5.62. The summed E-state index contributed by atoms with van der Waals surface area (Å²) in [6.45, 7) is -0.234. The zero-order chi connectivity index (χ0) is 21.1. The largest absolute Gasteiger partial charge is 0.484 e. The summed E-state index contributed by atoms with van der Waals surface area (Å²) < 4.78 is 46.4. The highest BCUT2D eigenvalue weighted by Crippen LogP contribution is 2.32. The number of anilines is 1. The fourth-order valence-corrected chi connectivity index (χ4v) is 3.77. The van der Waals surface area contributed by atoms with Gasteiger partial charge in [-0.2, -0.15) is 0 Å². The number of benzene rings is 2. The fourth-order valence-electron chi connectivity index (χ4n) is 2.75. The number of amides is 1. The normalized spacial score (nSPS) is 10.9. The maximum atomic E-state index is 14.1. The molecule has 152 valence electrons. The SMILES string of the molecule is O=C(COc1ccc(F)cc1)N(Cc1cccnc1)c1nc2c(F)cc(F)cc2s1. The van der Waals surface area contributed by atoms with Crippen LogP contribution in [0.3, 0.4) is 0 Å². The number of thiazole rings is 1. The Balaban J connectivity index is 1.63. The molecule has 0 aliphatic rings. The molecule has 2 aromatic heterocycles. The first kappa shape index (κ1) is 19.8. The van der Waals surface area contributed by atoms with Gasteiger partial charge in [0, 0.05) is 18.5 Å². The van der Waals surface area contributed by atoms with Gasteiger partial charge in [-0.15, -0.1) is 0 Å². The van der Waals surface area contributed by atoms with Crippen LogP contribution in [0.4, 0.5) is 18.3 Å². The van der Waals surface area contributed by atoms with Crippen LogP contribution < -0.4 is 9.64 Å². The molecular weight excluding hydrogens is 415 g/mol. The summed E-state index contributed by atoms with van der Waals surface area (Å²) in [5, 5.41) is 0.200. The van der Waals surface area contributed by atoms with Gasteiger partial charge >= 0.3 is 0 Å². The third-order valence-corrected chi connectivity index (χ3v) is 5.20. The number of fused-ring (bicyclic) bond motifs is 1. The Bertz CT molecular complexity index is 1180. The van der Waals surface area contributed by atoms with Crippen molar-refractivity contribution in [2.75, 3.05) is 11.5 Å². The van der Waals surface area contributed by atoms with E-state index in [1.165, 1.54) is 35.2 Å². The van der Waals surface area contributed by atoms with Crippen LogP contribution in [0.1, 0.15) is 5.56 Å². The van der Waals surface area contributed by atoms with Gasteiger partial charge in [0.15, 0.2) is 17.6 Å². The summed E-state index contributed by atoms with van der Waals surface area (Å²) in [5.74, 6) is -2.08. The van der Waals surface area contributed by atoms with Crippen LogP contribution >= 0.6 is 11.3 Å². The topological polar surface area (TPSA) is 55.3 Å². The predicted octanol–water partition coefficient (Wildman–Crippen LogP) is 4.72. The van der Waals surface area contributed by atoms with Gasteiger partial charge in [-0.05, 0) is 42.0 Å². The lowest BCUT2D eigenvalue weighted by Crippen LogP contribution is -2.34. The lowest BCUT2D eigenvalue weighted by atomic mass is 10.2. The molecule has 0 saturated heterocycles. The number of carbonyl (C=O) groups excluding carboxylic acids is 1. The fraction of sp³-hybridized carbons (Fsp3) is 0.0952. The molecule has 0 fully saturated rings. The summed E-state index contributed by atoms with van der Waals surface area (Å²) in [5.41, 5.74) is 0.707. The van der Waals surface area contributed by atoms with Crippen LogP contribution in [0.25, 0.3) is 10.2 Å². The quantitative estimate of drug-likeness (QED) is 0.445. The van der Waals surface area contributed by atoms with Gasteiger partial charge in [0.05, 0.1) is 11.2 Å². The molecule has 0 saturated carbocycles. The van der Waals surface area contributed by atoms with E-state index >= 15 is 0 Å². The van der Waals surface area contributed by atoms with Crippen molar-refractivity contribution < 1.29 is 22.7 Å². The van der Waals surface area contributed by atoms with E-state index in [9.17, 15) is 18.0 Å². The summed E-state index contributed by atoms with van der Waals surface area (Å²) in [4.78, 5) is 22.5. The number of nitrogens with zero attached hydrogens (tertiary/aromatic N) is 3. The van der Waals surface area contributed by atoms with Crippen LogP contribution in [0.5, 0.6) is 5.75 Å². The van der Waals surface area contributed by atoms with Crippen molar-refractivity contribution in [3.63, 3.8) is 0 Å². The number of hydrogen-bond donors (Lipinski definition) is 0. The maximum absolute atomic E-state index is 14.1. The smallest absolute Gasteiger partial charge is 0.267 e. The van der Waals surface area contributed by atoms with E-state index < -0.39 is 23.4 Å². The second-order valence-corrected chi connectivity index (χ2v) is 7.32. The van der Waals surface area contributed by atoms with Crippen LogP contribution in [-0.4, -0.2) is 22.5 Å². The van der Waals surface area contributed by atoms with Gasteiger partial charge in [-0.3, -0.25) is 14.7 Å². The van der Waals surface area contributed by atoms with Crippen LogP contribution in [0.15, 0.2) is 60.9 Å². The van der Waals surface area contributed by atoms with E-state index in [1.807, 2.05) is 0 Å². The van der Waals surface area contributed by atoms with Crippen molar-refractivity contribution in [2.24, 2.45) is 0 Å². The highest BCUT2D eigenvalue weighted by atomic mass is 32.1. The maximum Gasteiger partial charge on any atom is 0.267 e. The molecule has 0 bridgehead atoms. The lowest BCUT2D eigenvalue weighted by molar-refractivity contribution is -0.120. The van der Waals surface area contributed by atoms with Crippen molar-refractivity contribution >= 4 is 32.6 Å². The molecule has 2 heterocycles. The summed E-state index contributed by atoms with van der Waals surface area (Å²) >= 11 is 0.993. The summed E-state index contributed by atoms with van der Waals surface area (Å²) in [7, 11) is 0. The first-order valence-electron chi connectivity index (χ1n) is 8.83. The first-order valence-corrected chi connectivity index (χ1v) is 9.64. The minimum Gasteiger partial charge on any atom is -0.484 e. The average Bonchev–Trinajstić information content (AvgIpc) is 3.16. The lowest BCUT2D eigenvalue weighted by Gasteiger charge is -2.20. The van der Waals surface area contributed by atoms with Gasteiger partial charge < -0.3 is 4.74 Å². The van der Waals surface area contributed by atoms with Gasteiger partial charge in [0.2, 0.25) is 0 Å². The third-order valence-electron chi connectivity index (χ3n) is 4.17. The number of carbonyl (C=O) groups is 1. The summed E-state index contributed by atoms with van der Waals surface area (Å²) in [6.07, 6.45) is 3.19. The van der Waals surface area contributed by atoms with Crippen LogP contribution in [0.2, 0.25) is 0 Å². The molecule has 9 heteroatoms. The predicted molar refractivity (Wildman–Crippen MR) is 107 cm³/mol. The number of aromatic nitrogens is 2. The van der Waals surface area contributed by atoms with Crippen molar-refractivity contribution in [3.8, 4) is 5.75 Å². The number of rotatable bonds is 6. The Labute approximate surface area is 173 Å². The molecule has 0 unspecified atom stereocenters. The second kappa shape index (κ2) is 8.50. The minimum absolute atomic E-state index is 0.0140. The Morgan fingerprint density at radius 2 is 1.87 bits per heavy atom. The molecule has 0 aliphatic heterocycles. The van der Waals surface area contributed by atoms with Crippen LogP contribution in [0, 0.1) is 17.5 Å². The van der Waals surface area contributed by atoms with Crippen molar-refractivity contribution in [2.45, 2.75) is 6.54 Å². The van der Waals surface area contributed by atoms with E-state index in [4.69, 9.17) is 4.74 Å². The minimum atomic E-state index is -0.802. The molecule has 4 aromatic rings. The molecule has 0 aliphatic carbocycles. The highest BCUT2D eigenvalue weighted by Gasteiger charge is 2.22. The van der Waals surface area contributed by atoms with Gasteiger partial charge in [0.25, 0.3) is 5.91 Å². The van der Waals surface area contributed by atoms with Gasteiger partial charge in [-0.25, -0.2) is 18.2 Å². The van der Waals surface area contributed by atoms with Crippen molar-refractivity contribution in [3.05, 3.63) is 83.9 Å². The summed E-state index contributed by atoms with van der Waals surface area (Å²) in [6, 6.07) is 10.7. The van der Waals surface area contributed by atoms with Crippen molar-refractivity contribution in [1.82, 2.24) is 9.97 Å². The Hall–Kier alpha value is -3.46. The highest BCUT2D eigenvalue weighted by molar-refractivity contribution is 7.22. The van der Waals surface area contributed by atoms with E-state index in [0.29, 0.717) is 5.75 Å². The molecular formula is C21H14F3N3O2S. The number of pyridine rings is 1. The Morgan fingerprint density at radius 3 is 2.60 bits per heavy atom. The molecule has 0 radical (unpaired) electrons. The first-order chi connectivity index (χ1) is 14.5. The molecule has 4 rings (SSSR count). The standard InChI is InChI=1S/C21H14F3N3O2S/c22-14-3-5-16(6-4-14)29-12-19(28)27(11-13-2-1-7-25-10-13)21-26-20-17(24)8-15(23)9-18(20)30-21/h1-10H,11-12H2. The number of hydrogen-bond acceptors (Lipinski definition) is 5. The molecule has 1 amide bonds. The van der Waals surface area contributed by atoms with Crippen LogP contribution in [-0.2, 0) is 11.3 Å². The van der Waals surface area contributed by atoms with E-state index in [2.05, 4.69) is 9.97 Å². The molecule has 0 N–H and O–H groups in total. The van der Waals surface area contributed by atoms with E-state index in [0.717, 1.165) is 23.0 Å². The zero-order valence-corrected chi connectivity index (χ0v) is 16.2. The zero-order valence-electron chi connectivity index (χ0n) is 15.4. The molecule has 0 atom stereocenters. The Morgan fingerprint density at radius 1 is 1.07 bits per heavy atom. The third kappa shape index (κ3) is 4.41. The van der Waals surface area contributed by atoms with Gasteiger partial charge in [-0.1, -0.05) is 17.4 Å². The monoisotopic (exact) mass is 429 g/mol.